The van der Waals surface area contributed by atoms with E-state index >= 15 is 0 Å². The summed E-state index contributed by atoms with van der Waals surface area (Å²) >= 11 is 5.97. The molecule has 0 aliphatic rings. The van der Waals surface area contributed by atoms with Gasteiger partial charge in [-0.1, -0.05) is 18.5 Å². The van der Waals surface area contributed by atoms with Gasteiger partial charge in [0, 0.05) is 12.1 Å². The van der Waals surface area contributed by atoms with E-state index in [0.717, 1.165) is 0 Å². The van der Waals surface area contributed by atoms with Gasteiger partial charge in [-0.15, -0.1) is 0 Å². The smallest absolute Gasteiger partial charge is 0.347 e. The summed E-state index contributed by atoms with van der Waals surface area (Å²) in [5.41, 5.74) is 0.447. The van der Waals surface area contributed by atoms with Crippen LogP contribution in [0.25, 0.3) is 5.78 Å². The summed E-state index contributed by atoms with van der Waals surface area (Å²) in [5, 5.41) is 4.06. The van der Waals surface area contributed by atoms with Crippen LogP contribution in [0.1, 0.15) is 18.9 Å². The Morgan fingerprint density at radius 1 is 1.40 bits per heavy atom. The van der Waals surface area contributed by atoms with Crippen LogP contribution in [0.4, 0.5) is 19.0 Å². The van der Waals surface area contributed by atoms with E-state index in [4.69, 9.17) is 11.6 Å². The van der Waals surface area contributed by atoms with E-state index in [2.05, 4.69) is 15.1 Å². The van der Waals surface area contributed by atoms with Crippen molar-refractivity contribution in [2.75, 3.05) is 18.0 Å². The van der Waals surface area contributed by atoms with Crippen molar-refractivity contribution in [3.8, 4) is 0 Å². The highest BCUT2D eigenvalue weighted by atomic mass is 35.5. The zero-order chi connectivity index (χ0) is 14.9. The van der Waals surface area contributed by atoms with E-state index in [1.165, 1.54) is 15.7 Å². The molecule has 20 heavy (non-hydrogen) atoms. The predicted molar refractivity (Wildman–Crippen MR) is 69.1 cm³/mol. The summed E-state index contributed by atoms with van der Waals surface area (Å²) in [7, 11) is 0. The highest BCUT2D eigenvalue weighted by molar-refractivity contribution is 6.30. The van der Waals surface area contributed by atoms with Crippen molar-refractivity contribution in [3.05, 3.63) is 17.0 Å². The third kappa shape index (κ3) is 2.95. The van der Waals surface area contributed by atoms with E-state index in [0.29, 0.717) is 12.0 Å². The molecule has 0 aliphatic heterocycles. The molecule has 0 unspecified atom stereocenters. The Hall–Kier alpha value is -1.57. The number of rotatable bonds is 4. The zero-order valence-corrected chi connectivity index (χ0v) is 11.7. The lowest BCUT2D eigenvalue weighted by Crippen LogP contribution is -2.36. The summed E-state index contributed by atoms with van der Waals surface area (Å²) in [6, 6.07) is 0. The largest absolute Gasteiger partial charge is 0.405 e. The Kier molecular flexibility index (Phi) is 4.03. The lowest BCUT2D eigenvalue weighted by molar-refractivity contribution is -0.119. The monoisotopic (exact) mass is 307 g/mol. The molecule has 2 heterocycles. The van der Waals surface area contributed by atoms with Gasteiger partial charge in [-0.2, -0.15) is 32.8 Å². The van der Waals surface area contributed by atoms with Crippen molar-refractivity contribution in [3.63, 3.8) is 0 Å². The number of anilines is 1. The second kappa shape index (κ2) is 5.43. The molecule has 0 fully saturated rings. The van der Waals surface area contributed by atoms with Crippen LogP contribution in [0.5, 0.6) is 0 Å². The molecular weight excluding hydrogens is 295 g/mol. The van der Waals surface area contributed by atoms with E-state index < -0.39 is 12.7 Å². The van der Waals surface area contributed by atoms with Gasteiger partial charge in [-0.3, -0.25) is 0 Å². The van der Waals surface area contributed by atoms with Crippen LogP contribution in [-0.2, 0) is 0 Å². The molecule has 0 aromatic carbocycles. The molecule has 2 aromatic heterocycles. The van der Waals surface area contributed by atoms with Gasteiger partial charge in [-0.25, -0.2) is 0 Å². The first-order valence-corrected chi connectivity index (χ1v) is 6.39. The highest BCUT2D eigenvalue weighted by Crippen LogP contribution is 2.28. The molecule has 0 spiro atoms. The summed E-state index contributed by atoms with van der Waals surface area (Å²) in [6.07, 6.45) is -2.52. The van der Waals surface area contributed by atoms with Gasteiger partial charge in [0.25, 0.3) is 5.78 Å². The van der Waals surface area contributed by atoms with Crippen molar-refractivity contribution < 1.29 is 13.2 Å². The fourth-order valence-corrected chi connectivity index (χ4v) is 2.16. The fraction of sp³-hybridized carbons (Fsp3) is 0.545. The van der Waals surface area contributed by atoms with E-state index in [9.17, 15) is 13.2 Å². The second-order valence-electron chi connectivity index (χ2n) is 4.36. The Labute approximate surface area is 118 Å². The first kappa shape index (κ1) is 14.8. The lowest BCUT2D eigenvalue weighted by Gasteiger charge is -2.27. The first-order valence-electron chi connectivity index (χ1n) is 6.01. The highest BCUT2D eigenvalue weighted by Gasteiger charge is 2.32. The van der Waals surface area contributed by atoms with Crippen LogP contribution in [0, 0.1) is 6.92 Å². The minimum absolute atomic E-state index is 0.128. The topological polar surface area (TPSA) is 46.3 Å². The van der Waals surface area contributed by atoms with E-state index in [1.807, 2.05) is 0 Å². The molecule has 0 saturated carbocycles. The number of hydrogen-bond donors (Lipinski definition) is 0. The number of fused-ring (bicyclic) bond motifs is 1. The maximum atomic E-state index is 12.7. The second-order valence-corrected chi connectivity index (χ2v) is 4.72. The van der Waals surface area contributed by atoms with Gasteiger partial charge in [0.15, 0.2) is 0 Å². The summed E-state index contributed by atoms with van der Waals surface area (Å²) in [4.78, 5) is 9.05. The van der Waals surface area contributed by atoms with Crippen LogP contribution in [-0.4, -0.2) is 38.8 Å². The predicted octanol–water partition coefficient (Wildman–Crippen LogP) is 2.86. The van der Waals surface area contributed by atoms with Gasteiger partial charge in [0.1, 0.15) is 23.8 Å². The number of aromatic nitrogens is 4. The molecule has 2 aromatic rings. The van der Waals surface area contributed by atoms with Crippen LogP contribution in [0.3, 0.4) is 0 Å². The van der Waals surface area contributed by atoms with Crippen molar-refractivity contribution in [1.29, 1.82) is 0 Å². The van der Waals surface area contributed by atoms with E-state index in [1.54, 1.807) is 13.8 Å². The van der Waals surface area contributed by atoms with Crippen molar-refractivity contribution >= 4 is 23.2 Å². The zero-order valence-electron chi connectivity index (χ0n) is 10.9. The molecule has 0 atom stereocenters. The van der Waals surface area contributed by atoms with Crippen LogP contribution in [0.2, 0.25) is 5.15 Å². The van der Waals surface area contributed by atoms with Gasteiger partial charge in [0.05, 0.1) is 0 Å². The molecule has 2 rings (SSSR count). The molecule has 0 saturated heterocycles. The SMILES string of the molecule is CCCN(CC(F)(F)F)c1c(C)c(Cl)nc2ncnn12. The maximum absolute atomic E-state index is 12.7. The Bertz CT molecular complexity index is 610. The maximum Gasteiger partial charge on any atom is 0.405 e. The molecule has 0 radical (unpaired) electrons. The average molecular weight is 308 g/mol. The molecule has 110 valence electrons. The van der Waals surface area contributed by atoms with Gasteiger partial charge >= 0.3 is 6.18 Å². The first-order chi connectivity index (χ1) is 9.33. The van der Waals surface area contributed by atoms with Gasteiger partial charge in [-0.05, 0) is 13.3 Å². The molecule has 0 aliphatic carbocycles. The number of nitrogens with zero attached hydrogens (tertiary/aromatic N) is 5. The average Bonchev–Trinajstić information content (AvgIpc) is 2.75. The van der Waals surface area contributed by atoms with Crippen LogP contribution in [0.15, 0.2) is 6.33 Å². The summed E-state index contributed by atoms with van der Waals surface area (Å²) < 4.78 is 39.5. The Morgan fingerprint density at radius 3 is 2.70 bits per heavy atom. The third-order valence-electron chi connectivity index (χ3n) is 2.74. The van der Waals surface area contributed by atoms with E-state index in [-0.39, 0.29) is 23.3 Å². The van der Waals surface area contributed by atoms with Gasteiger partial charge in [0.2, 0.25) is 0 Å². The molecular formula is C11H13ClF3N5. The molecule has 0 amide bonds. The van der Waals surface area contributed by atoms with Crippen molar-refractivity contribution in [2.24, 2.45) is 0 Å². The third-order valence-corrected chi connectivity index (χ3v) is 3.10. The summed E-state index contributed by atoms with van der Waals surface area (Å²) in [5.74, 6) is 0.454. The van der Waals surface area contributed by atoms with Gasteiger partial charge < -0.3 is 4.90 Å². The number of alkyl halides is 3. The van der Waals surface area contributed by atoms with Crippen LogP contribution < -0.4 is 4.90 Å². The minimum atomic E-state index is -4.32. The molecule has 0 bridgehead atoms. The Balaban J connectivity index is 2.57. The fourth-order valence-electron chi connectivity index (χ4n) is 2.00. The van der Waals surface area contributed by atoms with Crippen LogP contribution >= 0.6 is 11.6 Å². The normalized spacial score (nSPS) is 12.1. The lowest BCUT2D eigenvalue weighted by atomic mass is 10.3. The molecule has 9 heteroatoms. The number of hydrogen-bond acceptors (Lipinski definition) is 4. The summed E-state index contributed by atoms with van der Waals surface area (Å²) in [6.45, 7) is 2.58. The van der Waals surface area contributed by atoms with Crippen molar-refractivity contribution in [1.82, 2.24) is 19.6 Å². The molecule has 5 nitrogen and oxygen atoms in total. The number of halogens is 4. The Morgan fingerprint density at radius 2 is 2.10 bits per heavy atom. The standard InChI is InChI=1S/C11H13ClF3N5/c1-3-4-19(5-11(13,14)15)9-7(2)8(12)18-10-16-6-17-20(9)10/h6H,3-5H2,1-2H3. The van der Waals surface area contributed by atoms with Crippen molar-refractivity contribution in [2.45, 2.75) is 26.4 Å². The minimum Gasteiger partial charge on any atom is -0.347 e. The quantitative estimate of drug-likeness (QED) is 0.815. The molecule has 0 N–H and O–H groups in total.